The molecule has 0 heterocycles. The zero-order valence-electron chi connectivity index (χ0n) is 9.90. The Bertz CT molecular complexity index is 323. The average molecular weight is 282 g/mol. The zero-order valence-corrected chi connectivity index (χ0v) is 11.4. The van der Waals surface area contributed by atoms with E-state index in [9.17, 15) is 9.59 Å². The Balaban J connectivity index is 2.23. The van der Waals surface area contributed by atoms with Crippen molar-refractivity contribution < 1.29 is 9.59 Å². The number of carbonyl (C=O) groups excluding carboxylic acids is 2. The maximum absolute atomic E-state index is 11.7. The molecule has 98 valence electrons. The van der Waals surface area contributed by atoms with Gasteiger partial charge in [-0.05, 0) is 19.8 Å². The van der Waals surface area contributed by atoms with E-state index in [-0.39, 0.29) is 5.91 Å². The zero-order chi connectivity index (χ0) is 13.1. The van der Waals surface area contributed by atoms with Gasteiger partial charge in [0, 0.05) is 6.54 Å². The van der Waals surface area contributed by atoms with Crippen LogP contribution in [-0.4, -0.2) is 22.8 Å². The van der Waals surface area contributed by atoms with Crippen molar-refractivity contribution in [3.63, 3.8) is 0 Å². The molecule has 0 radical (unpaired) electrons. The van der Waals surface area contributed by atoms with E-state index in [1.165, 1.54) is 0 Å². The second-order valence-electron chi connectivity index (χ2n) is 4.40. The summed E-state index contributed by atoms with van der Waals surface area (Å²) in [6.45, 7) is 4.25. The number of halogens is 2. The highest BCUT2D eigenvalue weighted by molar-refractivity contribution is 6.53. The molecule has 1 saturated carbocycles. The minimum atomic E-state index is -1.03. The lowest BCUT2D eigenvalue weighted by Gasteiger charge is -2.13. The third-order valence-electron chi connectivity index (χ3n) is 2.86. The van der Waals surface area contributed by atoms with Gasteiger partial charge in [-0.25, -0.2) is 10.2 Å². The van der Waals surface area contributed by atoms with Crippen molar-refractivity contribution in [2.75, 3.05) is 6.54 Å². The minimum absolute atomic E-state index is 0.381. The summed E-state index contributed by atoms with van der Waals surface area (Å²) in [6, 6.07) is -0.439. The lowest BCUT2D eigenvalue weighted by Crippen LogP contribution is -2.49. The standard InChI is InChI=1S/C10H17Cl2N3O2/c1-3-4-5-13-8(17)15-14-7(16)9(2)6-10(9,11)12/h3-6H2,1-2H3,(H,14,16)(H2,13,15,17). The van der Waals surface area contributed by atoms with Crippen LogP contribution in [0.4, 0.5) is 4.79 Å². The van der Waals surface area contributed by atoms with Crippen LogP contribution >= 0.6 is 23.2 Å². The van der Waals surface area contributed by atoms with Gasteiger partial charge in [-0.3, -0.25) is 10.2 Å². The van der Waals surface area contributed by atoms with Gasteiger partial charge in [0.15, 0.2) is 0 Å². The summed E-state index contributed by atoms with van der Waals surface area (Å²) >= 11 is 11.7. The molecule has 1 rings (SSSR count). The van der Waals surface area contributed by atoms with Gasteiger partial charge in [-0.1, -0.05) is 13.3 Å². The molecule has 0 aromatic carbocycles. The smallest absolute Gasteiger partial charge is 0.333 e. The number of hydrazine groups is 1. The number of hydrogen-bond acceptors (Lipinski definition) is 2. The van der Waals surface area contributed by atoms with E-state index < -0.39 is 15.8 Å². The van der Waals surface area contributed by atoms with E-state index in [2.05, 4.69) is 16.2 Å². The molecule has 5 nitrogen and oxygen atoms in total. The van der Waals surface area contributed by atoms with Crippen LogP contribution in [0.1, 0.15) is 33.1 Å². The fourth-order valence-corrected chi connectivity index (χ4v) is 2.03. The van der Waals surface area contributed by atoms with Crippen LogP contribution < -0.4 is 16.2 Å². The molecule has 0 spiro atoms. The molecule has 1 aliphatic rings. The molecule has 1 unspecified atom stereocenters. The van der Waals surface area contributed by atoms with Crippen LogP contribution in [0.2, 0.25) is 0 Å². The molecule has 1 aliphatic carbocycles. The van der Waals surface area contributed by atoms with Gasteiger partial charge in [0.05, 0.1) is 5.41 Å². The Hall–Kier alpha value is -0.680. The van der Waals surface area contributed by atoms with E-state index in [0.29, 0.717) is 13.0 Å². The van der Waals surface area contributed by atoms with Gasteiger partial charge in [0.1, 0.15) is 4.33 Å². The first-order chi connectivity index (χ1) is 7.83. The van der Waals surface area contributed by atoms with Crippen molar-refractivity contribution in [2.24, 2.45) is 5.41 Å². The maximum Gasteiger partial charge on any atom is 0.333 e. The number of amides is 3. The third kappa shape index (κ3) is 3.39. The topological polar surface area (TPSA) is 70.2 Å². The molecule has 1 fully saturated rings. The molecule has 0 saturated heterocycles. The first-order valence-corrected chi connectivity index (χ1v) is 6.31. The number of rotatable bonds is 4. The lowest BCUT2D eigenvalue weighted by molar-refractivity contribution is -0.126. The molecule has 0 bridgehead atoms. The first-order valence-electron chi connectivity index (χ1n) is 5.55. The summed E-state index contributed by atoms with van der Waals surface area (Å²) in [5.74, 6) is -0.381. The molecular weight excluding hydrogens is 265 g/mol. The van der Waals surface area contributed by atoms with Crippen molar-refractivity contribution in [1.29, 1.82) is 0 Å². The highest BCUT2D eigenvalue weighted by atomic mass is 35.5. The average Bonchev–Trinajstić information content (AvgIpc) is 2.76. The minimum Gasteiger partial charge on any atom is -0.337 e. The molecule has 1 atom stereocenters. The summed E-state index contributed by atoms with van der Waals surface area (Å²) in [4.78, 5) is 22.9. The van der Waals surface area contributed by atoms with Crippen molar-refractivity contribution in [3.8, 4) is 0 Å². The maximum atomic E-state index is 11.7. The van der Waals surface area contributed by atoms with E-state index in [1.807, 2.05) is 6.92 Å². The Morgan fingerprint density at radius 3 is 2.35 bits per heavy atom. The fourth-order valence-electron chi connectivity index (χ4n) is 1.32. The van der Waals surface area contributed by atoms with Crippen LogP contribution in [-0.2, 0) is 4.79 Å². The second kappa shape index (κ2) is 5.31. The third-order valence-corrected chi connectivity index (χ3v) is 3.97. The van der Waals surface area contributed by atoms with Crippen LogP contribution in [0.25, 0.3) is 0 Å². The summed E-state index contributed by atoms with van der Waals surface area (Å²) in [6.07, 6.45) is 2.27. The fraction of sp³-hybridized carbons (Fsp3) is 0.800. The summed E-state index contributed by atoms with van der Waals surface area (Å²) in [5, 5.41) is 2.60. The van der Waals surface area contributed by atoms with E-state index >= 15 is 0 Å². The molecular formula is C10H17Cl2N3O2. The van der Waals surface area contributed by atoms with Gasteiger partial charge in [0.25, 0.3) is 0 Å². The number of urea groups is 1. The largest absolute Gasteiger partial charge is 0.337 e. The van der Waals surface area contributed by atoms with Crippen LogP contribution in [0, 0.1) is 5.41 Å². The lowest BCUT2D eigenvalue weighted by atomic mass is 10.1. The van der Waals surface area contributed by atoms with Crippen molar-refractivity contribution >= 4 is 35.1 Å². The predicted octanol–water partition coefficient (Wildman–Crippen LogP) is 1.70. The van der Waals surface area contributed by atoms with E-state index in [4.69, 9.17) is 23.2 Å². The highest BCUT2D eigenvalue weighted by Crippen LogP contribution is 2.63. The van der Waals surface area contributed by atoms with E-state index in [1.54, 1.807) is 6.92 Å². The molecule has 0 aromatic heterocycles. The van der Waals surface area contributed by atoms with E-state index in [0.717, 1.165) is 12.8 Å². The Morgan fingerprint density at radius 1 is 1.29 bits per heavy atom. The Morgan fingerprint density at radius 2 is 1.88 bits per heavy atom. The summed E-state index contributed by atoms with van der Waals surface area (Å²) in [7, 11) is 0. The van der Waals surface area contributed by atoms with Gasteiger partial charge in [-0.15, -0.1) is 23.2 Å². The van der Waals surface area contributed by atoms with Crippen LogP contribution in [0.15, 0.2) is 0 Å². The number of unbranched alkanes of at least 4 members (excludes halogenated alkanes) is 1. The molecule has 3 N–H and O–H groups in total. The molecule has 3 amide bonds. The van der Waals surface area contributed by atoms with Crippen molar-refractivity contribution in [2.45, 2.75) is 37.4 Å². The van der Waals surface area contributed by atoms with Gasteiger partial charge < -0.3 is 5.32 Å². The van der Waals surface area contributed by atoms with Gasteiger partial charge in [-0.2, -0.15) is 0 Å². The Labute approximate surface area is 111 Å². The van der Waals surface area contributed by atoms with Crippen molar-refractivity contribution in [1.82, 2.24) is 16.2 Å². The Kier molecular flexibility index (Phi) is 4.49. The number of nitrogens with one attached hydrogen (secondary N) is 3. The first kappa shape index (κ1) is 14.4. The normalized spacial score (nSPS) is 24.9. The molecule has 17 heavy (non-hydrogen) atoms. The molecule has 0 aliphatic heterocycles. The number of hydrogen-bond donors (Lipinski definition) is 3. The van der Waals surface area contributed by atoms with Crippen LogP contribution in [0.3, 0.4) is 0 Å². The number of alkyl halides is 2. The SMILES string of the molecule is CCCCNC(=O)NNC(=O)C1(C)CC1(Cl)Cl. The summed E-state index contributed by atoms with van der Waals surface area (Å²) in [5.41, 5.74) is 3.73. The summed E-state index contributed by atoms with van der Waals surface area (Å²) < 4.78 is -1.03. The highest BCUT2D eigenvalue weighted by Gasteiger charge is 2.68. The van der Waals surface area contributed by atoms with Crippen LogP contribution in [0.5, 0.6) is 0 Å². The molecule has 7 heteroatoms. The quantitative estimate of drug-likeness (QED) is 0.417. The van der Waals surface area contributed by atoms with Crippen molar-refractivity contribution in [3.05, 3.63) is 0 Å². The monoisotopic (exact) mass is 281 g/mol. The predicted molar refractivity (Wildman–Crippen MR) is 66.7 cm³/mol. The second-order valence-corrected chi connectivity index (χ2v) is 5.89. The number of carbonyl (C=O) groups is 2. The van der Waals surface area contributed by atoms with Gasteiger partial charge in [0.2, 0.25) is 5.91 Å². The van der Waals surface area contributed by atoms with Gasteiger partial charge >= 0.3 is 6.03 Å². The molecule has 0 aromatic rings.